The second-order valence-corrected chi connectivity index (χ2v) is 6.29. The Balaban J connectivity index is 2.02. The van der Waals surface area contributed by atoms with Crippen molar-refractivity contribution in [1.82, 2.24) is 24.1 Å². The molecule has 0 radical (unpaired) electrons. The molecule has 0 spiro atoms. The minimum atomic E-state index is -3.56. The first-order chi connectivity index (χ1) is 8.88. The first-order valence-electron chi connectivity index (χ1n) is 5.87. The SMILES string of the molecule is Cc1cnn([C@H](C)CNS(=O)(=O)c2cn(C)cn2)c1. The fourth-order valence-corrected chi connectivity index (χ4v) is 2.70. The predicted octanol–water partition coefficient (Wildman–Crippen LogP) is 0.465. The summed E-state index contributed by atoms with van der Waals surface area (Å²) in [5, 5.41) is 4.18. The molecule has 8 heteroatoms. The second kappa shape index (κ2) is 5.14. The summed E-state index contributed by atoms with van der Waals surface area (Å²) >= 11 is 0. The maximum absolute atomic E-state index is 12.0. The van der Waals surface area contributed by atoms with Gasteiger partial charge in [-0.25, -0.2) is 18.1 Å². The lowest BCUT2D eigenvalue weighted by Gasteiger charge is -2.12. The van der Waals surface area contributed by atoms with Crippen molar-refractivity contribution in [2.75, 3.05) is 6.54 Å². The molecule has 1 atom stereocenters. The minimum absolute atomic E-state index is 0.0267. The van der Waals surface area contributed by atoms with E-state index in [1.54, 1.807) is 22.5 Å². The average molecular weight is 283 g/mol. The fraction of sp³-hybridized carbons (Fsp3) is 0.455. The third-order valence-electron chi connectivity index (χ3n) is 2.71. The van der Waals surface area contributed by atoms with E-state index < -0.39 is 10.0 Å². The summed E-state index contributed by atoms with van der Waals surface area (Å²) in [7, 11) is -1.84. The molecule has 2 rings (SSSR count). The molecule has 1 N–H and O–H groups in total. The lowest BCUT2D eigenvalue weighted by Crippen LogP contribution is -2.30. The van der Waals surface area contributed by atoms with Crippen LogP contribution in [0.25, 0.3) is 0 Å². The van der Waals surface area contributed by atoms with Gasteiger partial charge in [0.15, 0.2) is 5.03 Å². The van der Waals surface area contributed by atoms with Crippen LogP contribution in [-0.2, 0) is 17.1 Å². The molecular weight excluding hydrogens is 266 g/mol. The summed E-state index contributed by atoms with van der Waals surface area (Å²) < 4.78 is 29.8. The molecule has 0 bridgehead atoms. The summed E-state index contributed by atoms with van der Waals surface area (Å²) in [5.41, 5.74) is 1.04. The first kappa shape index (κ1) is 13.8. The molecule has 2 heterocycles. The van der Waals surface area contributed by atoms with Crippen LogP contribution in [0.5, 0.6) is 0 Å². The smallest absolute Gasteiger partial charge is 0.259 e. The molecule has 0 aliphatic carbocycles. The van der Waals surface area contributed by atoms with Crippen molar-refractivity contribution in [2.24, 2.45) is 7.05 Å². The topological polar surface area (TPSA) is 81.8 Å². The fourth-order valence-electron chi connectivity index (χ4n) is 1.60. The number of aromatic nitrogens is 4. The lowest BCUT2D eigenvalue weighted by molar-refractivity contribution is 0.478. The number of rotatable bonds is 5. The third-order valence-corrected chi connectivity index (χ3v) is 4.02. The van der Waals surface area contributed by atoms with Crippen LogP contribution in [0.1, 0.15) is 18.5 Å². The van der Waals surface area contributed by atoms with Crippen LogP contribution in [0, 0.1) is 6.92 Å². The van der Waals surface area contributed by atoms with Gasteiger partial charge in [0.25, 0.3) is 10.0 Å². The molecule has 2 aromatic heterocycles. The first-order valence-corrected chi connectivity index (χ1v) is 7.35. The zero-order valence-corrected chi connectivity index (χ0v) is 11.9. The molecule has 0 saturated carbocycles. The molecular formula is C11H17N5O2S. The van der Waals surface area contributed by atoms with E-state index in [-0.39, 0.29) is 17.6 Å². The van der Waals surface area contributed by atoms with Gasteiger partial charge >= 0.3 is 0 Å². The lowest BCUT2D eigenvalue weighted by atomic mass is 10.3. The average Bonchev–Trinajstić information content (AvgIpc) is 2.95. The van der Waals surface area contributed by atoms with E-state index in [1.807, 2.05) is 20.0 Å². The van der Waals surface area contributed by atoms with Crippen LogP contribution in [0.15, 0.2) is 29.9 Å². The van der Waals surface area contributed by atoms with Crippen molar-refractivity contribution in [3.63, 3.8) is 0 Å². The quantitative estimate of drug-likeness (QED) is 0.864. The number of sulfonamides is 1. The number of nitrogens with one attached hydrogen (secondary N) is 1. The predicted molar refractivity (Wildman–Crippen MR) is 70.1 cm³/mol. The Morgan fingerprint density at radius 1 is 1.42 bits per heavy atom. The van der Waals surface area contributed by atoms with Crippen molar-refractivity contribution in [1.29, 1.82) is 0 Å². The molecule has 2 aromatic rings. The maximum atomic E-state index is 12.0. The van der Waals surface area contributed by atoms with E-state index in [4.69, 9.17) is 0 Å². The molecule has 104 valence electrons. The summed E-state index contributed by atoms with van der Waals surface area (Å²) in [6, 6.07) is -0.0628. The summed E-state index contributed by atoms with van der Waals surface area (Å²) in [4.78, 5) is 3.83. The van der Waals surface area contributed by atoms with Gasteiger partial charge < -0.3 is 4.57 Å². The highest BCUT2D eigenvalue weighted by Gasteiger charge is 2.18. The molecule has 19 heavy (non-hydrogen) atoms. The molecule has 0 unspecified atom stereocenters. The van der Waals surface area contributed by atoms with Crippen LogP contribution in [0.3, 0.4) is 0 Å². The second-order valence-electron chi connectivity index (χ2n) is 4.58. The molecule has 0 amide bonds. The minimum Gasteiger partial charge on any atom is -0.339 e. The van der Waals surface area contributed by atoms with Gasteiger partial charge in [-0.3, -0.25) is 4.68 Å². The highest BCUT2D eigenvalue weighted by Crippen LogP contribution is 2.08. The third kappa shape index (κ3) is 3.21. The van der Waals surface area contributed by atoms with E-state index in [0.717, 1.165) is 5.56 Å². The van der Waals surface area contributed by atoms with Crippen molar-refractivity contribution in [3.8, 4) is 0 Å². The van der Waals surface area contributed by atoms with Gasteiger partial charge in [-0.15, -0.1) is 0 Å². The van der Waals surface area contributed by atoms with Gasteiger partial charge in [0.05, 0.1) is 18.6 Å². The number of aryl methyl sites for hydroxylation is 2. The van der Waals surface area contributed by atoms with Crippen molar-refractivity contribution in [3.05, 3.63) is 30.5 Å². The van der Waals surface area contributed by atoms with Crippen molar-refractivity contribution >= 4 is 10.0 Å². The van der Waals surface area contributed by atoms with Crippen molar-refractivity contribution in [2.45, 2.75) is 24.9 Å². The monoisotopic (exact) mass is 283 g/mol. The summed E-state index contributed by atoms with van der Waals surface area (Å²) in [6.45, 7) is 4.10. The highest BCUT2D eigenvalue weighted by atomic mass is 32.2. The van der Waals surface area contributed by atoms with Gasteiger partial charge in [-0.1, -0.05) is 0 Å². The Hall–Kier alpha value is -1.67. The van der Waals surface area contributed by atoms with Gasteiger partial charge in [0, 0.05) is 26.0 Å². The van der Waals surface area contributed by atoms with Crippen molar-refractivity contribution < 1.29 is 8.42 Å². The maximum Gasteiger partial charge on any atom is 0.259 e. The summed E-state index contributed by atoms with van der Waals surface area (Å²) in [6.07, 6.45) is 6.53. The largest absolute Gasteiger partial charge is 0.339 e. The Morgan fingerprint density at radius 2 is 2.16 bits per heavy atom. The molecule has 0 aliphatic heterocycles. The highest BCUT2D eigenvalue weighted by molar-refractivity contribution is 7.89. The van der Waals surface area contributed by atoms with Gasteiger partial charge in [-0.2, -0.15) is 5.10 Å². The van der Waals surface area contributed by atoms with E-state index in [0.29, 0.717) is 0 Å². The van der Waals surface area contributed by atoms with Crippen LogP contribution < -0.4 is 4.72 Å². The Labute approximate surface area is 112 Å². The van der Waals surface area contributed by atoms with Gasteiger partial charge in [0.2, 0.25) is 0 Å². The number of imidazole rings is 1. The Morgan fingerprint density at radius 3 is 2.68 bits per heavy atom. The molecule has 0 fully saturated rings. The molecule has 7 nitrogen and oxygen atoms in total. The number of nitrogens with zero attached hydrogens (tertiary/aromatic N) is 4. The zero-order chi connectivity index (χ0) is 14.0. The van der Waals surface area contributed by atoms with Gasteiger partial charge in [-0.05, 0) is 19.4 Å². The van der Waals surface area contributed by atoms with Crippen LogP contribution >= 0.6 is 0 Å². The Kier molecular flexibility index (Phi) is 3.72. The molecule has 0 aromatic carbocycles. The standard InChI is InChI=1S/C11H17N5O2S/c1-9-4-13-16(6-9)10(2)5-14-19(17,18)11-7-15(3)8-12-11/h4,6-8,10,14H,5H2,1-3H3/t10-/m1/s1. The number of hydrogen-bond donors (Lipinski definition) is 1. The van der Waals surface area contributed by atoms with E-state index >= 15 is 0 Å². The van der Waals surface area contributed by atoms with E-state index in [1.165, 1.54) is 12.5 Å². The number of hydrogen-bond acceptors (Lipinski definition) is 4. The normalized spacial score (nSPS) is 13.6. The summed E-state index contributed by atoms with van der Waals surface area (Å²) in [5.74, 6) is 0. The van der Waals surface area contributed by atoms with Crippen LogP contribution in [0.4, 0.5) is 0 Å². The van der Waals surface area contributed by atoms with Gasteiger partial charge in [0.1, 0.15) is 0 Å². The van der Waals surface area contributed by atoms with E-state index in [9.17, 15) is 8.42 Å². The Bertz CT molecular complexity index is 658. The van der Waals surface area contributed by atoms with Crippen LogP contribution in [0.2, 0.25) is 0 Å². The van der Waals surface area contributed by atoms with E-state index in [2.05, 4.69) is 14.8 Å². The van der Waals surface area contributed by atoms with Crippen LogP contribution in [-0.4, -0.2) is 34.3 Å². The molecule has 0 aliphatic rings. The zero-order valence-electron chi connectivity index (χ0n) is 11.1. The molecule has 0 saturated heterocycles.